The Morgan fingerprint density at radius 3 is 3.15 bits per heavy atom. The molecule has 1 aromatic rings. The molecule has 1 unspecified atom stereocenters. The maximum atomic E-state index is 12.4. The van der Waals surface area contributed by atoms with E-state index in [1.54, 1.807) is 7.11 Å². The molecular weight excluding hydrogens is 254 g/mol. The lowest BCUT2D eigenvalue weighted by atomic mass is 9.97. The lowest BCUT2D eigenvalue weighted by Gasteiger charge is -2.35. The molecule has 2 atom stereocenters. The average molecular weight is 275 g/mol. The topological polar surface area (TPSA) is 67.6 Å². The zero-order valence-corrected chi connectivity index (χ0v) is 11.8. The van der Waals surface area contributed by atoms with Crippen LogP contribution in [0.5, 0.6) is 0 Å². The van der Waals surface area contributed by atoms with Gasteiger partial charge < -0.3 is 15.8 Å². The summed E-state index contributed by atoms with van der Waals surface area (Å²) in [4.78, 5) is 14.7. The third kappa shape index (κ3) is 2.39. The first kappa shape index (κ1) is 13.4. The second kappa shape index (κ2) is 5.42. The maximum Gasteiger partial charge on any atom is 0.242 e. The number of nitrogens with zero attached hydrogens (tertiary/aromatic N) is 1. The first-order chi connectivity index (χ1) is 9.69. The number of carbonyl (C=O) groups excluding carboxylic acids is 1. The maximum absolute atomic E-state index is 12.4. The third-order valence-electron chi connectivity index (χ3n) is 4.29. The summed E-state index contributed by atoms with van der Waals surface area (Å²) in [6, 6.07) is 6.00. The van der Waals surface area contributed by atoms with Crippen LogP contribution in [0.4, 0.5) is 11.4 Å². The molecule has 0 bridgehead atoms. The van der Waals surface area contributed by atoms with E-state index < -0.39 is 0 Å². The van der Waals surface area contributed by atoms with Crippen molar-refractivity contribution in [3.63, 3.8) is 0 Å². The van der Waals surface area contributed by atoms with Crippen molar-refractivity contribution in [2.75, 3.05) is 31.3 Å². The van der Waals surface area contributed by atoms with Crippen LogP contribution >= 0.6 is 0 Å². The van der Waals surface area contributed by atoms with E-state index in [-0.39, 0.29) is 11.9 Å². The summed E-state index contributed by atoms with van der Waals surface area (Å²) in [5, 5.41) is 2.99. The number of fused-ring (bicyclic) bond motifs is 1. The van der Waals surface area contributed by atoms with Gasteiger partial charge in [0.2, 0.25) is 5.91 Å². The van der Waals surface area contributed by atoms with Gasteiger partial charge in [-0.1, -0.05) is 6.07 Å². The number of hydrogen-bond acceptors (Lipinski definition) is 4. The lowest BCUT2D eigenvalue weighted by Crippen LogP contribution is -2.50. The van der Waals surface area contributed by atoms with Crippen LogP contribution in [-0.4, -0.2) is 43.2 Å². The van der Waals surface area contributed by atoms with Gasteiger partial charge >= 0.3 is 0 Å². The number of benzene rings is 1. The zero-order chi connectivity index (χ0) is 14.1. The first-order valence-electron chi connectivity index (χ1n) is 7.13. The molecule has 1 aromatic carbocycles. The van der Waals surface area contributed by atoms with E-state index in [1.165, 1.54) is 0 Å². The van der Waals surface area contributed by atoms with Crippen LogP contribution in [0.25, 0.3) is 0 Å². The van der Waals surface area contributed by atoms with Gasteiger partial charge in [0.15, 0.2) is 0 Å². The number of methoxy groups -OCH3 is 1. The Hall–Kier alpha value is -1.59. The monoisotopic (exact) mass is 275 g/mol. The molecule has 0 radical (unpaired) electrons. The molecule has 0 aliphatic carbocycles. The van der Waals surface area contributed by atoms with Crippen LogP contribution < -0.4 is 11.1 Å². The van der Waals surface area contributed by atoms with E-state index >= 15 is 0 Å². The fourth-order valence-corrected chi connectivity index (χ4v) is 3.31. The van der Waals surface area contributed by atoms with E-state index in [0.29, 0.717) is 18.3 Å². The molecule has 1 amide bonds. The van der Waals surface area contributed by atoms with E-state index in [1.807, 2.05) is 18.2 Å². The van der Waals surface area contributed by atoms with Gasteiger partial charge in [0, 0.05) is 24.5 Å². The molecule has 3 rings (SSSR count). The highest BCUT2D eigenvalue weighted by Crippen LogP contribution is 2.30. The van der Waals surface area contributed by atoms with Gasteiger partial charge in [0.05, 0.1) is 12.6 Å². The molecule has 0 aromatic heterocycles. The standard InChI is InChI=1S/C15H21N3O2/c1-20-9-12-3-2-6-18(12)14-7-10-4-5-11(16)8-13(10)17-15(14)19/h4-5,8,12,14H,2-3,6-7,9,16H2,1H3,(H,17,19)/t12-,14?/m0/s1. The molecule has 2 heterocycles. The zero-order valence-electron chi connectivity index (χ0n) is 11.8. The number of nitrogen functional groups attached to an aromatic ring is 1. The van der Waals surface area contributed by atoms with Crippen LogP contribution in [0.2, 0.25) is 0 Å². The second-order valence-electron chi connectivity index (χ2n) is 5.61. The smallest absolute Gasteiger partial charge is 0.242 e. The van der Waals surface area contributed by atoms with Crippen molar-refractivity contribution in [1.82, 2.24) is 4.90 Å². The highest BCUT2D eigenvalue weighted by Gasteiger charge is 2.37. The van der Waals surface area contributed by atoms with E-state index in [2.05, 4.69) is 10.2 Å². The highest BCUT2D eigenvalue weighted by molar-refractivity contribution is 5.98. The van der Waals surface area contributed by atoms with E-state index in [9.17, 15) is 4.79 Å². The van der Waals surface area contributed by atoms with Crippen LogP contribution in [0.1, 0.15) is 18.4 Å². The number of nitrogens with two attached hydrogens (primary N) is 1. The number of amides is 1. The van der Waals surface area contributed by atoms with Crippen LogP contribution in [0.15, 0.2) is 18.2 Å². The molecule has 2 aliphatic heterocycles. The number of anilines is 2. The summed E-state index contributed by atoms with van der Waals surface area (Å²) >= 11 is 0. The number of carbonyl (C=O) groups is 1. The van der Waals surface area contributed by atoms with E-state index in [4.69, 9.17) is 10.5 Å². The van der Waals surface area contributed by atoms with Gasteiger partial charge in [-0.25, -0.2) is 0 Å². The van der Waals surface area contributed by atoms with Gasteiger partial charge in [0.1, 0.15) is 0 Å². The number of hydrogen-bond donors (Lipinski definition) is 2. The van der Waals surface area contributed by atoms with Crippen molar-refractivity contribution in [3.8, 4) is 0 Å². The van der Waals surface area contributed by atoms with Crippen molar-refractivity contribution in [2.24, 2.45) is 0 Å². The quantitative estimate of drug-likeness (QED) is 0.815. The summed E-state index contributed by atoms with van der Waals surface area (Å²) in [7, 11) is 1.72. The Labute approximate surface area is 119 Å². The summed E-state index contributed by atoms with van der Waals surface area (Å²) < 4.78 is 5.28. The SMILES string of the molecule is COC[C@@H]1CCCN1C1Cc2ccc(N)cc2NC1=O. The predicted octanol–water partition coefficient (Wildman–Crippen LogP) is 1.24. The Bertz CT molecular complexity index is 518. The van der Waals surface area contributed by atoms with Gasteiger partial charge in [0.25, 0.3) is 0 Å². The average Bonchev–Trinajstić information content (AvgIpc) is 2.86. The predicted molar refractivity (Wildman–Crippen MR) is 78.6 cm³/mol. The third-order valence-corrected chi connectivity index (χ3v) is 4.29. The van der Waals surface area contributed by atoms with Gasteiger partial charge in [-0.15, -0.1) is 0 Å². The summed E-state index contributed by atoms with van der Waals surface area (Å²) in [5.74, 6) is 0.0751. The first-order valence-corrected chi connectivity index (χ1v) is 7.13. The van der Waals surface area contributed by atoms with Crippen molar-refractivity contribution in [1.29, 1.82) is 0 Å². The number of rotatable bonds is 3. The molecule has 108 valence electrons. The molecule has 3 N–H and O–H groups in total. The van der Waals surface area contributed by atoms with Crippen LogP contribution in [0.3, 0.4) is 0 Å². The van der Waals surface area contributed by atoms with Crippen LogP contribution in [-0.2, 0) is 16.0 Å². The van der Waals surface area contributed by atoms with Gasteiger partial charge in [-0.2, -0.15) is 0 Å². The molecule has 5 heteroatoms. The minimum Gasteiger partial charge on any atom is -0.399 e. The Morgan fingerprint density at radius 1 is 1.50 bits per heavy atom. The number of ether oxygens (including phenoxy) is 1. The molecule has 1 fully saturated rings. The van der Waals surface area contributed by atoms with E-state index in [0.717, 1.165) is 37.1 Å². The summed E-state index contributed by atoms with van der Waals surface area (Å²) in [6.45, 7) is 1.66. The molecule has 1 saturated heterocycles. The largest absolute Gasteiger partial charge is 0.399 e. The molecule has 5 nitrogen and oxygen atoms in total. The van der Waals surface area contributed by atoms with Gasteiger partial charge in [-0.3, -0.25) is 9.69 Å². The lowest BCUT2D eigenvalue weighted by molar-refractivity contribution is -0.122. The Kier molecular flexibility index (Phi) is 3.63. The minimum atomic E-state index is -0.0891. The van der Waals surface area contributed by atoms with Crippen molar-refractivity contribution in [2.45, 2.75) is 31.3 Å². The van der Waals surface area contributed by atoms with Gasteiger partial charge in [-0.05, 0) is 43.5 Å². The minimum absolute atomic E-state index is 0.0751. The molecular formula is C15H21N3O2. The molecule has 2 aliphatic rings. The fourth-order valence-electron chi connectivity index (χ4n) is 3.31. The highest BCUT2D eigenvalue weighted by atomic mass is 16.5. The van der Waals surface area contributed by atoms with Crippen molar-refractivity contribution >= 4 is 17.3 Å². The normalized spacial score (nSPS) is 26.4. The molecule has 0 spiro atoms. The van der Waals surface area contributed by atoms with Crippen molar-refractivity contribution < 1.29 is 9.53 Å². The number of likely N-dealkylation sites (tertiary alicyclic amines) is 1. The fraction of sp³-hybridized carbons (Fsp3) is 0.533. The second-order valence-corrected chi connectivity index (χ2v) is 5.61. The molecule has 20 heavy (non-hydrogen) atoms. The number of nitrogens with one attached hydrogen (secondary N) is 1. The summed E-state index contributed by atoms with van der Waals surface area (Å²) in [5.41, 5.74) is 8.46. The van der Waals surface area contributed by atoms with Crippen LogP contribution in [0, 0.1) is 0 Å². The van der Waals surface area contributed by atoms with Crippen molar-refractivity contribution in [3.05, 3.63) is 23.8 Å². The summed E-state index contributed by atoms with van der Waals surface area (Å²) in [6.07, 6.45) is 2.99. The Morgan fingerprint density at radius 2 is 2.35 bits per heavy atom. The molecule has 0 saturated carbocycles. The Balaban J connectivity index is 1.81.